The first kappa shape index (κ1) is 19.7. The number of halogens is 1. The highest BCUT2D eigenvalue weighted by atomic mass is 32.1. The van der Waals surface area contributed by atoms with Gasteiger partial charge in [0.15, 0.2) is 0 Å². The number of piperidine rings is 1. The summed E-state index contributed by atoms with van der Waals surface area (Å²) in [5.74, 6) is 0.525. The van der Waals surface area contributed by atoms with Gasteiger partial charge in [0, 0.05) is 42.8 Å². The minimum absolute atomic E-state index is 0.0174. The maximum absolute atomic E-state index is 13.6. The summed E-state index contributed by atoms with van der Waals surface area (Å²) >= 11 is 1.62. The third-order valence-corrected chi connectivity index (χ3v) is 6.62. The number of benzene rings is 1. The fourth-order valence-electron chi connectivity index (χ4n) is 4.19. The predicted molar refractivity (Wildman–Crippen MR) is 119 cm³/mol. The molecule has 1 fully saturated rings. The van der Waals surface area contributed by atoms with Gasteiger partial charge in [-0.05, 0) is 38.0 Å². The fourth-order valence-corrected chi connectivity index (χ4v) is 5.10. The second kappa shape index (κ2) is 8.14. The Kier molecular flexibility index (Phi) is 5.19. The lowest BCUT2D eigenvalue weighted by atomic mass is 9.95. The molecule has 1 unspecified atom stereocenters. The molecule has 0 spiro atoms. The molecule has 4 aromatic rings. The molecule has 1 atom stereocenters. The van der Waals surface area contributed by atoms with Gasteiger partial charge in [0.05, 0.1) is 18.2 Å². The zero-order valence-corrected chi connectivity index (χ0v) is 18.0. The highest BCUT2D eigenvalue weighted by molar-refractivity contribution is 7.15. The van der Waals surface area contributed by atoms with Crippen LogP contribution in [0.1, 0.15) is 41.9 Å². The van der Waals surface area contributed by atoms with Gasteiger partial charge < -0.3 is 14.8 Å². The standard InChI is InChI=1S/C22H23FN6OS/c1-2-27-14-24-12-18(27)20(30)28-8-4-5-15(13-28)19-21-29(9-10-31-21)22(26-19)25-17-7-3-6-16(23)11-17/h3,6-7,9-12,14-15H,2,4-5,8,13H2,1H3,(H,25,26). The highest BCUT2D eigenvalue weighted by Crippen LogP contribution is 2.34. The molecule has 31 heavy (non-hydrogen) atoms. The number of nitrogens with one attached hydrogen (secondary N) is 1. The van der Waals surface area contributed by atoms with E-state index in [0.717, 1.165) is 29.9 Å². The van der Waals surface area contributed by atoms with Crippen molar-refractivity contribution in [2.45, 2.75) is 32.2 Å². The van der Waals surface area contributed by atoms with Gasteiger partial charge in [-0.3, -0.25) is 9.20 Å². The molecule has 1 amide bonds. The summed E-state index contributed by atoms with van der Waals surface area (Å²) in [5, 5.41) is 5.25. The maximum atomic E-state index is 13.6. The third-order valence-electron chi connectivity index (χ3n) is 5.73. The van der Waals surface area contributed by atoms with Crippen molar-refractivity contribution in [3.05, 3.63) is 65.6 Å². The van der Waals surface area contributed by atoms with Crippen molar-refractivity contribution in [3.63, 3.8) is 0 Å². The molecule has 9 heteroatoms. The summed E-state index contributed by atoms with van der Waals surface area (Å²) in [6.07, 6.45) is 7.20. The van der Waals surface area contributed by atoms with Crippen molar-refractivity contribution in [1.29, 1.82) is 0 Å². The van der Waals surface area contributed by atoms with E-state index in [0.29, 0.717) is 30.4 Å². The molecule has 4 heterocycles. The van der Waals surface area contributed by atoms with E-state index in [9.17, 15) is 9.18 Å². The van der Waals surface area contributed by atoms with Crippen LogP contribution >= 0.6 is 11.3 Å². The van der Waals surface area contributed by atoms with Gasteiger partial charge in [0.25, 0.3) is 5.91 Å². The Morgan fingerprint density at radius 1 is 1.39 bits per heavy atom. The number of anilines is 2. The minimum Gasteiger partial charge on any atom is -0.337 e. The van der Waals surface area contributed by atoms with E-state index in [1.54, 1.807) is 29.9 Å². The van der Waals surface area contributed by atoms with Crippen molar-refractivity contribution in [1.82, 2.24) is 23.8 Å². The zero-order chi connectivity index (χ0) is 21.4. The van der Waals surface area contributed by atoms with Crippen molar-refractivity contribution in [2.75, 3.05) is 18.4 Å². The summed E-state index contributed by atoms with van der Waals surface area (Å²) in [6.45, 7) is 4.07. The maximum Gasteiger partial charge on any atom is 0.272 e. The molecule has 0 radical (unpaired) electrons. The molecule has 160 valence electrons. The molecular weight excluding hydrogens is 415 g/mol. The molecule has 0 saturated carbocycles. The van der Waals surface area contributed by atoms with Crippen molar-refractivity contribution < 1.29 is 9.18 Å². The first-order valence-corrected chi connectivity index (χ1v) is 11.3. The van der Waals surface area contributed by atoms with E-state index < -0.39 is 0 Å². The number of fused-ring (bicyclic) bond motifs is 1. The zero-order valence-electron chi connectivity index (χ0n) is 17.2. The first-order chi connectivity index (χ1) is 15.1. The van der Waals surface area contributed by atoms with E-state index in [4.69, 9.17) is 4.98 Å². The molecule has 1 aliphatic heterocycles. The Morgan fingerprint density at radius 3 is 3.13 bits per heavy atom. The number of carbonyl (C=O) groups is 1. The minimum atomic E-state index is -0.295. The molecule has 7 nitrogen and oxygen atoms in total. The number of nitrogens with zero attached hydrogens (tertiary/aromatic N) is 5. The Hall–Kier alpha value is -3.20. The number of aryl methyl sites for hydroxylation is 1. The molecule has 1 N–H and O–H groups in total. The van der Waals surface area contributed by atoms with Crippen LogP contribution in [0.25, 0.3) is 4.83 Å². The lowest BCUT2D eigenvalue weighted by molar-refractivity contribution is 0.0695. The number of thiazole rings is 1. The summed E-state index contributed by atoms with van der Waals surface area (Å²) in [5.41, 5.74) is 2.26. The molecule has 1 aromatic carbocycles. The highest BCUT2D eigenvalue weighted by Gasteiger charge is 2.30. The second-order valence-corrected chi connectivity index (χ2v) is 8.58. The monoisotopic (exact) mass is 438 g/mol. The number of carbonyl (C=O) groups excluding carboxylic acids is 1. The van der Waals surface area contributed by atoms with Crippen LogP contribution < -0.4 is 5.32 Å². The number of rotatable bonds is 5. The average molecular weight is 439 g/mol. The molecule has 5 rings (SSSR count). The van der Waals surface area contributed by atoms with Gasteiger partial charge in [0.2, 0.25) is 5.95 Å². The topological polar surface area (TPSA) is 67.5 Å². The van der Waals surface area contributed by atoms with E-state index in [1.807, 2.05) is 38.4 Å². The lowest BCUT2D eigenvalue weighted by Gasteiger charge is -2.32. The van der Waals surface area contributed by atoms with Gasteiger partial charge in [-0.25, -0.2) is 14.4 Å². The van der Waals surface area contributed by atoms with Gasteiger partial charge in [0.1, 0.15) is 16.3 Å². The Labute approximate surface area is 183 Å². The van der Waals surface area contributed by atoms with Crippen LogP contribution in [0.3, 0.4) is 0 Å². The summed E-state index contributed by atoms with van der Waals surface area (Å²) in [7, 11) is 0. The Balaban J connectivity index is 1.41. The number of hydrogen-bond donors (Lipinski definition) is 1. The van der Waals surface area contributed by atoms with Crippen LogP contribution in [0.4, 0.5) is 16.0 Å². The molecule has 0 bridgehead atoms. The van der Waals surface area contributed by atoms with Crippen LogP contribution in [0.2, 0.25) is 0 Å². The van der Waals surface area contributed by atoms with Crippen LogP contribution in [0.15, 0.2) is 48.4 Å². The number of hydrogen-bond acceptors (Lipinski definition) is 5. The largest absolute Gasteiger partial charge is 0.337 e. The number of imidazole rings is 2. The first-order valence-electron chi connectivity index (χ1n) is 10.4. The molecule has 1 aliphatic rings. The average Bonchev–Trinajstić information content (AvgIpc) is 3.51. The quantitative estimate of drug-likeness (QED) is 0.498. The van der Waals surface area contributed by atoms with E-state index in [-0.39, 0.29) is 17.6 Å². The van der Waals surface area contributed by atoms with E-state index in [2.05, 4.69) is 10.3 Å². The molecular formula is C22H23FN6OS. The fraction of sp³-hybridized carbons (Fsp3) is 0.318. The van der Waals surface area contributed by atoms with Gasteiger partial charge in [-0.1, -0.05) is 6.07 Å². The number of likely N-dealkylation sites (tertiary alicyclic amines) is 1. The van der Waals surface area contributed by atoms with Crippen LogP contribution in [-0.4, -0.2) is 42.8 Å². The van der Waals surface area contributed by atoms with Gasteiger partial charge in [-0.2, -0.15) is 0 Å². The smallest absolute Gasteiger partial charge is 0.272 e. The summed E-state index contributed by atoms with van der Waals surface area (Å²) < 4.78 is 17.5. The third kappa shape index (κ3) is 3.69. The Bertz CT molecular complexity index is 1230. The molecule has 3 aromatic heterocycles. The van der Waals surface area contributed by atoms with E-state index in [1.165, 1.54) is 12.1 Å². The van der Waals surface area contributed by atoms with Crippen LogP contribution in [0, 0.1) is 5.82 Å². The van der Waals surface area contributed by atoms with Crippen LogP contribution in [0.5, 0.6) is 0 Å². The molecule has 0 aliphatic carbocycles. The van der Waals surface area contributed by atoms with Crippen LogP contribution in [-0.2, 0) is 6.54 Å². The Morgan fingerprint density at radius 2 is 2.29 bits per heavy atom. The normalized spacial score (nSPS) is 16.7. The number of amides is 1. The van der Waals surface area contributed by atoms with Crippen molar-refractivity contribution in [2.24, 2.45) is 0 Å². The van der Waals surface area contributed by atoms with Gasteiger partial charge in [-0.15, -0.1) is 11.3 Å². The van der Waals surface area contributed by atoms with Crippen molar-refractivity contribution in [3.8, 4) is 0 Å². The number of aromatic nitrogens is 4. The van der Waals surface area contributed by atoms with Gasteiger partial charge >= 0.3 is 0 Å². The predicted octanol–water partition coefficient (Wildman–Crippen LogP) is 4.51. The molecule has 1 saturated heterocycles. The lowest BCUT2D eigenvalue weighted by Crippen LogP contribution is -2.40. The van der Waals surface area contributed by atoms with E-state index >= 15 is 0 Å². The summed E-state index contributed by atoms with van der Waals surface area (Å²) in [6, 6.07) is 6.35. The summed E-state index contributed by atoms with van der Waals surface area (Å²) in [4.78, 5) is 25.1. The second-order valence-electron chi connectivity index (χ2n) is 7.69. The van der Waals surface area contributed by atoms with Crippen molar-refractivity contribution >= 4 is 33.7 Å². The SMILES string of the molecule is CCn1cncc1C(=O)N1CCCC(c2nc(Nc3cccc(F)c3)n3ccsc23)C1.